The number of rotatable bonds is 4. The van der Waals surface area contributed by atoms with Crippen LogP contribution < -0.4 is 10.9 Å². The monoisotopic (exact) mass is 497 g/mol. The van der Waals surface area contributed by atoms with E-state index in [1.165, 1.54) is 11.3 Å². The highest BCUT2D eigenvalue weighted by Crippen LogP contribution is 2.28. The minimum Gasteiger partial charge on any atom is -0.422 e. The number of hydrogen-bond donors (Lipinski definition) is 1. The first-order chi connectivity index (χ1) is 14.4. The van der Waals surface area contributed by atoms with Crippen molar-refractivity contribution in [2.45, 2.75) is 6.92 Å². The van der Waals surface area contributed by atoms with Crippen LogP contribution in [0.5, 0.6) is 0 Å². The molecule has 0 radical (unpaired) electrons. The van der Waals surface area contributed by atoms with Crippen molar-refractivity contribution in [3.8, 4) is 17.3 Å². The summed E-state index contributed by atoms with van der Waals surface area (Å²) in [6.45, 7) is 1.94. The molecule has 0 aliphatic carbocycles. The zero-order valence-corrected chi connectivity index (χ0v) is 18.7. The molecule has 2 aromatic carbocycles. The zero-order valence-electron chi connectivity index (χ0n) is 15.6. The van der Waals surface area contributed by atoms with E-state index in [9.17, 15) is 10.1 Å². The van der Waals surface area contributed by atoms with Gasteiger partial charge in [-0.15, -0.1) is 11.3 Å². The average molecular weight is 499 g/mol. The molecule has 0 spiro atoms. The molecule has 148 valence electrons. The van der Waals surface area contributed by atoms with E-state index >= 15 is 0 Å². The summed E-state index contributed by atoms with van der Waals surface area (Å²) < 4.78 is 6.29. The fourth-order valence-corrected chi connectivity index (χ4v) is 4.17. The highest BCUT2D eigenvalue weighted by Gasteiger charge is 2.14. The number of benzene rings is 2. The van der Waals surface area contributed by atoms with Gasteiger partial charge in [-0.3, -0.25) is 0 Å². The maximum absolute atomic E-state index is 12.4. The standard InChI is InChI=1S/C22H13BrClN3O2S/c1-12-2-4-16(24)8-18(12)26-10-14(9-25)21-27-19(11-30-21)17-7-13-6-15(23)3-5-20(13)29-22(17)28/h2-8,10-11,26H,1H3/b14-10+. The number of nitriles is 1. The number of anilines is 1. The summed E-state index contributed by atoms with van der Waals surface area (Å²) in [4.78, 5) is 16.9. The van der Waals surface area contributed by atoms with Crippen LogP contribution in [0.2, 0.25) is 5.02 Å². The molecule has 0 atom stereocenters. The van der Waals surface area contributed by atoms with Gasteiger partial charge in [0, 0.05) is 32.1 Å². The normalized spacial score (nSPS) is 11.5. The van der Waals surface area contributed by atoms with E-state index in [4.69, 9.17) is 16.0 Å². The van der Waals surface area contributed by atoms with Crippen LogP contribution >= 0.6 is 38.9 Å². The highest BCUT2D eigenvalue weighted by molar-refractivity contribution is 9.10. The molecule has 1 N–H and O–H groups in total. The van der Waals surface area contributed by atoms with Crippen molar-refractivity contribution in [3.05, 3.63) is 84.5 Å². The van der Waals surface area contributed by atoms with Gasteiger partial charge in [0.2, 0.25) is 0 Å². The van der Waals surface area contributed by atoms with Crippen LogP contribution in [0, 0.1) is 18.3 Å². The predicted molar refractivity (Wildman–Crippen MR) is 125 cm³/mol. The predicted octanol–water partition coefficient (Wildman–Crippen LogP) is 6.62. The molecule has 5 nitrogen and oxygen atoms in total. The molecule has 0 aliphatic rings. The van der Waals surface area contributed by atoms with Gasteiger partial charge in [-0.1, -0.05) is 33.6 Å². The third-order valence-corrected chi connectivity index (χ3v) is 6.00. The van der Waals surface area contributed by atoms with Crippen molar-refractivity contribution in [3.63, 3.8) is 0 Å². The van der Waals surface area contributed by atoms with Crippen LogP contribution in [0.15, 0.2) is 67.7 Å². The van der Waals surface area contributed by atoms with Crippen LogP contribution in [0.4, 0.5) is 5.69 Å². The van der Waals surface area contributed by atoms with Crippen LogP contribution in [-0.4, -0.2) is 4.98 Å². The van der Waals surface area contributed by atoms with Gasteiger partial charge >= 0.3 is 5.63 Å². The zero-order chi connectivity index (χ0) is 21.3. The Morgan fingerprint density at radius 2 is 2.13 bits per heavy atom. The minimum absolute atomic E-state index is 0.346. The van der Waals surface area contributed by atoms with E-state index in [1.54, 1.807) is 35.8 Å². The fraction of sp³-hybridized carbons (Fsp3) is 0.0455. The summed E-state index contributed by atoms with van der Waals surface area (Å²) in [7, 11) is 0. The molecule has 0 fully saturated rings. The lowest BCUT2D eigenvalue weighted by molar-refractivity contribution is 0.563. The number of nitrogens with zero attached hydrogens (tertiary/aromatic N) is 2. The van der Waals surface area contributed by atoms with E-state index in [1.807, 2.05) is 25.1 Å². The topological polar surface area (TPSA) is 78.9 Å². The van der Waals surface area contributed by atoms with Gasteiger partial charge in [0.25, 0.3) is 0 Å². The summed E-state index contributed by atoms with van der Waals surface area (Å²) in [6.07, 6.45) is 1.58. The lowest BCUT2D eigenvalue weighted by Gasteiger charge is -2.06. The van der Waals surface area contributed by atoms with Gasteiger partial charge in [-0.05, 0) is 48.9 Å². The summed E-state index contributed by atoms with van der Waals surface area (Å²) in [5.74, 6) is 0. The number of halogens is 2. The van der Waals surface area contributed by atoms with Gasteiger partial charge in [-0.25, -0.2) is 9.78 Å². The SMILES string of the molecule is Cc1ccc(Cl)cc1N/C=C(\C#N)c1nc(-c2cc3cc(Br)ccc3oc2=O)cs1. The Kier molecular flexibility index (Phi) is 5.73. The van der Waals surface area contributed by atoms with Gasteiger partial charge < -0.3 is 9.73 Å². The smallest absolute Gasteiger partial charge is 0.345 e. The summed E-state index contributed by atoms with van der Waals surface area (Å²) >= 11 is 10.7. The maximum atomic E-state index is 12.4. The Morgan fingerprint density at radius 3 is 2.93 bits per heavy atom. The lowest BCUT2D eigenvalue weighted by Crippen LogP contribution is -2.03. The molecule has 2 heterocycles. The Morgan fingerprint density at radius 1 is 1.30 bits per heavy atom. The first-order valence-electron chi connectivity index (χ1n) is 8.77. The second-order valence-electron chi connectivity index (χ2n) is 6.44. The van der Waals surface area contributed by atoms with Gasteiger partial charge in [0.05, 0.1) is 11.3 Å². The summed E-state index contributed by atoms with van der Waals surface area (Å²) in [6, 6.07) is 14.8. The highest BCUT2D eigenvalue weighted by atomic mass is 79.9. The maximum Gasteiger partial charge on any atom is 0.345 e. The molecular formula is C22H13BrClN3O2S. The van der Waals surface area contributed by atoms with Gasteiger partial charge in [0.1, 0.15) is 22.2 Å². The van der Waals surface area contributed by atoms with Crippen molar-refractivity contribution < 1.29 is 4.42 Å². The van der Waals surface area contributed by atoms with Crippen LogP contribution in [-0.2, 0) is 0 Å². The third kappa shape index (κ3) is 4.17. The number of nitrogens with one attached hydrogen (secondary N) is 1. The van der Waals surface area contributed by atoms with Gasteiger partial charge in [0.15, 0.2) is 0 Å². The summed E-state index contributed by atoms with van der Waals surface area (Å²) in [5.41, 5.74) is 2.97. The number of hydrogen-bond acceptors (Lipinski definition) is 6. The number of aromatic nitrogens is 1. The number of allylic oxidation sites excluding steroid dienone is 1. The Labute approximate surface area is 189 Å². The van der Waals surface area contributed by atoms with E-state index in [0.717, 1.165) is 21.1 Å². The van der Waals surface area contributed by atoms with Crippen molar-refractivity contribution in [1.82, 2.24) is 4.98 Å². The Bertz CT molecular complexity index is 1400. The molecule has 0 aliphatic heterocycles. The molecule has 8 heteroatoms. The van der Waals surface area contributed by atoms with Crippen molar-refractivity contribution in [1.29, 1.82) is 5.26 Å². The molecule has 2 aromatic heterocycles. The van der Waals surface area contributed by atoms with E-state index in [-0.39, 0.29) is 0 Å². The molecule has 4 aromatic rings. The molecular weight excluding hydrogens is 486 g/mol. The number of fused-ring (bicyclic) bond motifs is 1. The Hall–Kier alpha value is -2.92. The van der Waals surface area contributed by atoms with Gasteiger partial charge in [-0.2, -0.15) is 5.26 Å². The molecule has 4 rings (SSSR count). The molecule has 0 saturated heterocycles. The third-order valence-electron chi connectivity index (χ3n) is 4.40. The number of aryl methyl sites for hydroxylation is 1. The quantitative estimate of drug-likeness (QED) is 0.253. The molecule has 0 unspecified atom stereocenters. The fourth-order valence-electron chi connectivity index (χ4n) is 2.84. The van der Waals surface area contributed by atoms with Crippen LogP contribution in [0.1, 0.15) is 10.6 Å². The van der Waals surface area contributed by atoms with E-state index < -0.39 is 5.63 Å². The second-order valence-corrected chi connectivity index (χ2v) is 8.65. The van der Waals surface area contributed by atoms with Crippen molar-refractivity contribution in [2.24, 2.45) is 0 Å². The minimum atomic E-state index is -0.475. The Balaban J connectivity index is 1.68. The number of thiazole rings is 1. The average Bonchev–Trinajstić information content (AvgIpc) is 3.20. The first-order valence-corrected chi connectivity index (χ1v) is 10.8. The lowest BCUT2D eigenvalue weighted by atomic mass is 10.1. The van der Waals surface area contributed by atoms with Crippen LogP contribution in [0.3, 0.4) is 0 Å². The van der Waals surface area contributed by atoms with Crippen molar-refractivity contribution in [2.75, 3.05) is 5.32 Å². The van der Waals surface area contributed by atoms with E-state index in [2.05, 4.69) is 32.3 Å². The first kappa shape index (κ1) is 20.4. The largest absolute Gasteiger partial charge is 0.422 e. The van der Waals surface area contributed by atoms with E-state index in [0.29, 0.717) is 32.4 Å². The molecule has 0 saturated carbocycles. The molecule has 0 bridgehead atoms. The molecule has 30 heavy (non-hydrogen) atoms. The molecule has 0 amide bonds. The van der Waals surface area contributed by atoms with Crippen molar-refractivity contribution >= 4 is 61.1 Å². The second kappa shape index (κ2) is 8.44. The van der Waals surface area contributed by atoms with Crippen LogP contribution in [0.25, 0.3) is 27.8 Å². The summed E-state index contributed by atoms with van der Waals surface area (Å²) in [5, 5.41) is 16.3.